The van der Waals surface area contributed by atoms with Crippen LogP contribution in [0.1, 0.15) is 91.9 Å². The van der Waals surface area contributed by atoms with Crippen molar-refractivity contribution in [2.24, 2.45) is 5.92 Å². The van der Waals surface area contributed by atoms with Gasteiger partial charge in [0.15, 0.2) is 0 Å². The predicted octanol–water partition coefficient (Wildman–Crippen LogP) is 5.72. The van der Waals surface area contributed by atoms with Gasteiger partial charge in [0.1, 0.15) is 0 Å². The Hall–Kier alpha value is 0.0569. The van der Waals surface area contributed by atoms with E-state index in [1.54, 1.807) is 0 Å². The van der Waals surface area contributed by atoms with Crippen molar-refractivity contribution in [1.29, 1.82) is 0 Å². The van der Waals surface area contributed by atoms with Gasteiger partial charge >= 0.3 is 8.80 Å². The van der Waals surface area contributed by atoms with Gasteiger partial charge in [-0.25, -0.2) is 0 Å². The summed E-state index contributed by atoms with van der Waals surface area (Å²) in [5.74, 6) is 0.604. The zero-order chi connectivity index (χ0) is 18.8. The summed E-state index contributed by atoms with van der Waals surface area (Å²) >= 11 is 0. The number of unbranched alkanes of at least 4 members (excludes halogenated alkanes) is 2. The first-order valence-electron chi connectivity index (χ1n) is 11.3. The number of hydrogen-bond donors (Lipinski definition) is 0. The summed E-state index contributed by atoms with van der Waals surface area (Å²) < 4.78 is 25.5. The van der Waals surface area contributed by atoms with Crippen LogP contribution in [-0.4, -0.2) is 40.3 Å². The summed E-state index contributed by atoms with van der Waals surface area (Å²) in [4.78, 5) is 0. The van der Waals surface area contributed by atoms with Crippen molar-refractivity contribution >= 4 is 8.80 Å². The van der Waals surface area contributed by atoms with Gasteiger partial charge in [-0.3, -0.25) is 0 Å². The van der Waals surface area contributed by atoms with Gasteiger partial charge in [0, 0.05) is 19.3 Å². The maximum Gasteiger partial charge on any atom is 0.501 e. The molecule has 4 atom stereocenters. The first kappa shape index (κ1) is 22.3. The first-order chi connectivity index (χ1) is 12.7. The van der Waals surface area contributed by atoms with Crippen LogP contribution in [0.25, 0.3) is 0 Å². The third kappa shape index (κ3) is 6.90. The zero-order valence-corrected chi connectivity index (χ0v) is 18.6. The Morgan fingerprint density at radius 3 is 2.12 bits per heavy atom. The lowest BCUT2D eigenvalue weighted by molar-refractivity contribution is -0.00607. The van der Waals surface area contributed by atoms with Crippen LogP contribution >= 0.6 is 0 Å². The van der Waals surface area contributed by atoms with E-state index in [4.69, 9.17) is 18.0 Å². The molecule has 2 rings (SSSR count). The van der Waals surface area contributed by atoms with Crippen molar-refractivity contribution < 1.29 is 18.0 Å². The van der Waals surface area contributed by atoms with Gasteiger partial charge in [-0.15, -0.1) is 0 Å². The number of epoxide rings is 1. The monoisotopic (exact) mass is 386 g/mol. The molecule has 1 aliphatic heterocycles. The molecule has 0 N–H and O–H groups in total. The molecule has 0 aromatic rings. The lowest BCUT2D eigenvalue weighted by atomic mass is 9.84. The molecule has 2 fully saturated rings. The fourth-order valence-electron chi connectivity index (χ4n) is 4.04. The largest absolute Gasteiger partial charge is 0.501 e. The fourth-order valence-corrected chi connectivity index (χ4v) is 6.96. The van der Waals surface area contributed by atoms with Crippen LogP contribution in [0.2, 0.25) is 6.04 Å². The number of hydrogen-bond acceptors (Lipinski definition) is 4. The van der Waals surface area contributed by atoms with Gasteiger partial charge in [-0.1, -0.05) is 53.4 Å². The van der Waals surface area contributed by atoms with Crippen LogP contribution in [0.3, 0.4) is 0 Å². The van der Waals surface area contributed by atoms with E-state index in [0.717, 1.165) is 70.6 Å². The first-order valence-corrected chi connectivity index (χ1v) is 13.2. The van der Waals surface area contributed by atoms with E-state index < -0.39 is 8.80 Å². The molecule has 154 valence electrons. The SMILES string of the molecule is CCCCO[Si](CCC)(OCCCC)OC(CCC)C1CCC2OC2C1. The van der Waals surface area contributed by atoms with Gasteiger partial charge in [-0.05, 0) is 44.4 Å². The van der Waals surface area contributed by atoms with E-state index in [2.05, 4.69) is 27.7 Å². The van der Waals surface area contributed by atoms with Crippen LogP contribution in [0.5, 0.6) is 0 Å². The Kier molecular flexibility index (Phi) is 10.1. The Morgan fingerprint density at radius 1 is 0.885 bits per heavy atom. The van der Waals surface area contributed by atoms with Crippen LogP contribution in [0.15, 0.2) is 0 Å². The molecule has 1 saturated heterocycles. The number of fused-ring (bicyclic) bond motifs is 1. The molecule has 1 aliphatic carbocycles. The minimum atomic E-state index is -2.60. The smallest absolute Gasteiger partial charge is 0.373 e. The van der Waals surface area contributed by atoms with Crippen LogP contribution in [-0.2, 0) is 18.0 Å². The molecule has 2 aliphatic rings. The third-order valence-corrected chi connectivity index (χ3v) is 8.73. The Balaban J connectivity index is 2.04. The van der Waals surface area contributed by atoms with Crippen molar-refractivity contribution in [3.8, 4) is 0 Å². The van der Waals surface area contributed by atoms with Gasteiger partial charge in [0.25, 0.3) is 0 Å². The van der Waals surface area contributed by atoms with Crippen molar-refractivity contribution in [1.82, 2.24) is 0 Å². The fraction of sp³-hybridized carbons (Fsp3) is 1.00. The highest BCUT2D eigenvalue weighted by molar-refractivity contribution is 6.60. The minimum absolute atomic E-state index is 0.270. The Morgan fingerprint density at radius 2 is 1.58 bits per heavy atom. The molecule has 1 saturated carbocycles. The second kappa shape index (κ2) is 11.8. The van der Waals surface area contributed by atoms with Gasteiger partial charge in [-0.2, -0.15) is 0 Å². The highest BCUT2D eigenvalue weighted by Gasteiger charge is 2.49. The van der Waals surface area contributed by atoms with E-state index in [0.29, 0.717) is 18.1 Å². The maximum atomic E-state index is 6.86. The van der Waals surface area contributed by atoms with Crippen LogP contribution < -0.4 is 0 Å². The zero-order valence-electron chi connectivity index (χ0n) is 17.6. The van der Waals surface area contributed by atoms with E-state index in [1.165, 1.54) is 12.8 Å². The molecule has 4 unspecified atom stereocenters. The third-order valence-electron chi connectivity index (χ3n) is 5.67. The van der Waals surface area contributed by atoms with Gasteiger partial charge < -0.3 is 18.0 Å². The van der Waals surface area contributed by atoms with Crippen LogP contribution in [0.4, 0.5) is 0 Å². The summed E-state index contributed by atoms with van der Waals surface area (Å²) in [6.07, 6.45) is 12.7. The lowest BCUT2D eigenvalue weighted by Crippen LogP contribution is -2.50. The number of ether oxygens (including phenoxy) is 1. The van der Waals surface area contributed by atoms with Crippen molar-refractivity contribution in [2.75, 3.05) is 13.2 Å². The quantitative estimate of drug-likeness (QED) is 0.205. The van der Waals surface area contributed by atoms with Crippen molar-refractivity contribution in [3.63, 3.8) is 0 Å². The Bertz CT molecular complexity index is 369. The molecule has 1 heterocycles. The molecule has 0 amide bonds. The second-order valence-electron chi connectivity index (χ2n) is 8.07. The van der Waals surface area contributed by atoms with Crippen molar-refractivity contribution in [2.45, 2.75) is 116 Å². The lowest BCUT2D eigenvalue weighted by Gasteiger charge is -2.37. The average molecular weight is 387 g/mol. The normalized spacial score (nSPS) is 26.5. The summed E-state index contributed by atoms with van der Waals surface area (Å²) in [6, 6.07) is 0.940. The van der Waals surface area contributed by atoms with Crippen molar-refractivity contribution in [3.05, 3.63) is 0 Å². The molecule has 4 nitrogen and oxygen atoms in total. The molecule has 5 heteroatoms. The Labute approximate surface area is 162 Å². The molecular weight excluding hydrogens is 344 g/mol. The van der Waals surface area contributed by atoms with E-state index in [9.17, 15) is 0 Å². The molecule has 0 aromatic heterocycles. The molecule has 0 aromatic carbocycles. The van der Waals surface area contributed by atoms with E-state index in [1.807, 2.05) is 0 Å². The highest BCUT2D eigenvalue weighted by Crippen LogP contribution is 2.42. The highest BCUT2D eigenvalue weighted by atomic mass is 28.4. The van der Waals surface area contributed by atoms with Gasteiger partial charge in [0.05, 0.1) is 18.3 Å². The molecule has 0 radical (unpaired) electrons. The van der Waals surface area contributed by atoms with Gasteiger partial charge in [0.2, 0.25) is 0 Å². The summed E-state index contributed by atoms with van der Waals surface area (Å²) in [6.45, 7) is 10.4. The molecular formula is C21H42O4Si. The summed E-state index contributed by atoms with van der Waals surface area (Å²) in [7, 11) is -2.60. The van der Waals surface area contributed by atoms with E-state index in [-0.39, 0.29) is 6.10 Å². The summed E-state index contributed by atoms with van der Waals surface area (Å²) in [5, 5.41) is 0. The van der Waals surface area contributed by atoms with E-state index >= 15 is 0 Å². The molecule has 26 heavy (non-hydrogen) atoms. The summed E-state index contributed by atoms with van der Waals surface area (Å²) in [5.41, 5.74) is 0. The van der Waals surface area contributed by atoms with Crippen LogP contribution in [0, 0.1) is 5.92 Å². The topological polar surface area (TPSA) is 40.2 Å². The molecule has 0 bridgehead atoms. The molecule has 0 spiro atoms. The predicted molar refractivity (Wildman–Crippen MR) is 108 cm³/mol. The standard InChI is InChI=1S/C21H42O4Si/c1-5-9-14-22-26(16-8-4,23-15-10-6-2)25-19(11-7-3)18-12-13-20-21(17-18)24-20/h18-21H,5-17H2,1-4H3. The number of rotatable bonds is 15. The maximum absolute atomic E-state index is 6.86. The second-order valence-corrected chi connectivity index (χ2v) is 10.7. The average Bonchev–Trinajstić information content (AvgIpc) is 3.41. The minimum Gasteiger partial charge on any atom is -0.373 e.